The predicted molar refractivity (Wildman–Crippen MR) is 92.8 cm³/mol. The van der Waals surface area contributed by atoms with Crippen molar-refractivity contribution < 1.29 is 9.90 Å². The van der Waals surface area contributed by atoms with Crippen molar-refractivity contribution in [2.24, 2.45) is 11.5 Å². The summed E-state index contributed by atoms with van der Waals surface area (Å²) in [7, 11) is 0. The molecule has 1 aromatic carbocycles. The monoisotopic (exact) mass is 328 g/mol. The number of carboxylic acid groups (broad SMARTS) is 1. The summed E-state index contributed by atoms with van der Waals surface area (Å²) >= 11 is 3.40. The average Bonchev–Trinajstić information content (AvgIpc) is 2.47. The van der Waals surface area contributed by atoms with Gasteiger partial charge in [-0.3, -0.25) is 4.79 Å². The molecule has 0 aliphatic rings. The molecule has 118 valence electrons. The lowest BCUT2D eigenvalue weighted by atomic mass is 10.1. The topological polar surface area (TPSA) is 89.3 Å². The van der Waals surface area contributed by atoms with Crippen molar-refractivity contribution in [3.8, 4) is 0 Å². The molecule has 0 aliphatic carbocycles. The summed E-state index contributed by atoms with van der Waals surface area (Å²) in [4.78, 5) is 10.7. The molecule has 0 heterocycles. The smallest absolute Gasteiger partial charge is 0.321 e. The van der Waals surface area contributed by atoms with Gasteiger partial charge in [0.2, 0.25) is 0 Å². The van der Waals surface area contributed by atoms with Gasteiger partial charge in [0.15, 0.2) is 0 Å². The maximum absolute atomic E-state index is 10.7. The standard InChI is InChI=1S/C15H24N2O2S2/c1-2-11-5-12(8-20-4-3-16)7-13(6-11)9-21-10-14(17)15(18)19/h5-7,14H,2-4,8-10,16-17H2,1H3,(H,18,19)/t14-/m0/s1. The first-order valence-corrected chi connectivity index (χ1v) is 9.33. The zero-order valence-corrected chi connectivity index (χ0v) is 14.0. The van der Waals surface area contributed by atoms with Crippen LogP contribution in [0.3, 0.4) is 0 Å². The molecule has 0 unspecified atom stereocenters. The van der Waals surface area contributed by atoms with Crippen LogP contribution < -0.4 is 11.5 Å². The van der Waals surface area contributed by atoms with Gasteiger partial charge in [-0.1, -0.05) is 25.1 Å². The maximum atomic E-state index is 10.7. The predicted octanol–water partition coefficient (Wildman–Crippen LogP) is 2.09. The van der Waals surface area contributed by atoms with E-state index in [1.165, 1.54) is 16.7 Å². The Morgan fingerprint density at radius 3 is 2.29 bits per heavy atom. The average molecular weight is 329 g/mol. The quantitative estimate of drug-likeness (QED) is 0.570. The summed E-state index contributed by atoms with van der Waals surface area (Å²) < 4.78 is 0. The number of aliphatic carboxylic acids is 1. The van der Waals surface area contributed by atoms with E-state index in [0.29, 0.717) is 12.3 Å². The second kappa shape index (κ2) is 10.1. The van der Waals surface area contributed by atoms with E-state index < -0.39 is 12.0 Å². The number of nitrogens with two attached hydrogens (primary N) is 2. The first-order valence-electron chi connectivity index (χ1n) is 7.02. The van der Waals surface area contributed by atoms with Crippen molar-refractivity contribution in [2.75, 3.05) is 18.1 Å². The van der Waals surface area contributed by atoms with Crippen LogP contribution in [0.15, 0.2) is 18.2 Å². The molecule has 5 N–H and O–H groups in total. The zero-order valence-electron chi connectivity index (χ0n) is 12.4. The van der Waals surface area contributed by atoms with Crippen LogP contribution in [-0.4, -0.2) is 35.2 Å². The molecule has 0 bridgehead atoms. The fourth-order valence-electron chi connectivity index (χ4n) is 1.86. The zero-order chi connectivity index (χ0) is 15.7. The number of carbonyl (C=O) groups is 1. The van der Waals surface area contributed by atoms with E-state index in [1.807, 2.05) is 11.8 Å². The van der Waals surface area contributed by atoms with E-state index in [1.54, 1.807) is 11.8 Å². The first kappa shape index (κ1) is 18.4. The molecule has 0 saturated carbocycles. The van der Waals surface area contributed by atoms with Gasteiger partial charge >= 0.3 is 5.97 Å². The molecule has 0 saturated heterocycles. The van der Waals surface area contributed by atoms with Crippen molar-refractivity contribution in [2.45, 2.75) is 30.9 Å². The highest BCUT2D eigenvalue weighted by atomic mass is 32.2. The van der Waals surface area contributed by atoms with Gasteiger partial charge in [-0.25, -0.2) is 0 Å². The highest BCUT2D eigenvalue weighted by Crippen LogP contribution is 2.20. The Balaban J connectivity index is 2.59. The van der Waals surface area contributed by atoms with Crippen molar-refractivity contribution in [3.05, 3.63) is 34.9 Å². The van der Waals surface area contributed by atoms with E-state index in [9.17, 15) is 4.79 Å². The second-order valence-corrected chi connectivity index (χ2v) is 6.95. The number of thioether (sulfide) groups is 2. The summed E-state index contributed by atoms with van der Waals surface area (Å²) in [6.45, 7) is 2.84. The Labute approximate surface area is 135 Å². The van der Waals surface area contributed by atoms with Gasteiger partial charge in [-0.2, -0.15) is 23.5 Å². The Kier molecular flexibility index (Phi) is 8.84. The Morgan fingerprint density at radius 1 is 1.19 bits per heavy atom. The minimum Gasteiger partial charge on any atom is -0.480 e. The van der Waals surface area contributed by atoms with E-state index in [4.69, 9.17) is 16.6 Å². The fourth-order valence-corrected chi connectivity index (χ4v) is 3.49. The van der Waals surface area contributed by atoms with Gasteiger partial charge in [0.05, 0.1) is 0 Å². The third kappa shape index (κ3) is 7.22. The van der Waals surface area contributed by atoms with Gasteiger partial charge in [-0.15, -0.1) is 0 Å². The van der Waals surface area contributed by atoms with Crippen molar-refractivity contribution in [1.82, 2.24) is 0 Å². The SMILES string of the molecule is CCc1cc(CSCCN)cc(CSC[C@H](N)C(=O)O)c1. The van der Waals surface area contributed by atoms with Gasteiger partial charge < -0.3 is 16.6 Å². The molecule has 0 amide bonds. The Hall–Kier alpha value is -0.690. The van der Waals surface area contributed by atoms with Crippen LogP contribution >= 0.6 is 23.5 Å². The summed E-state index contributed by atoms with van der Waals surface area (Å²) in [5.74, 6) is 2.22. The van der Waals surface area contributed by atoms with E-state index in [2.05, 4.69) is 25.1 Å². The summed E-state index contributed by atoms with van der Waals surface area (Å²) in [5, 5.41) is 8.77. The molecule has 1 rings (SSSR count). The lowest BCUT2D eigenvalue weighted by Gasteiger charge is -2.10. The lowest BCUT2D eigenvalue weighted by Crippen LogP contribution is -2.32. The van der Waals surface area contributed by atoms with Gasteiger partial charge in [-0.05, 0) is 23.1 Å². The lowest BCUT2D eigenvalue weighted by molar-refractivity contribution is -0.137. The number of hydrogen-bond acceptors (Lipinski definition) is 5. The number of benzene rings is 1. The summed E-state index contributed by atoms with van der Waals surface area (Å²) in [5.41, 5.74) is 14.9. The maximum Gasteiger partial charge on any atom is 0.321 e. The van der Waals surface area contributed by atoms with Crippen molar-refractivity contribution in [1.29, 1.82) is 0 Å². The summed E-state index contributed by atoms with van der Waals surface area (Å²) in [6, 6.07) is 5.84. The first-order chi connectivity index (χ1) is 10.1. The second-order valence-electron chi connectivity index (χ2n) is 4.81. The van der Waals surface area contributed by atoms with Gasteiger partial charge in [0.1, 0.15) is 6.04 Å². The van der Waals surface area contributed by atoms with E-state index in [-0.39, 0.29) is 0 Å². The molecule has 1 atom stereocenters. The molecule has 0 radical (unpaired) electrons. The molecule has 4 nitrogen and oxygen atoms in total. The minimum absolute atomic E-state index is 0.433. The normalized spacial score (nSPS) is 12.3. The molecule has 0 aliphatic heterocycles. The fraction of sp³-hybridized carbons (Fsp3) is 0.533. The van der Waals surface area contributed by atoms with Gasteiger partial charge in [0, 0.05) is 29.6 Å². The van der Waals surface area contributed by atoms with Crippen LogP contribution in [0.1, 0.15) is 23.6 Å². The molecule has 0 spiro atoms. The number of carboxylic acids is 1. The molecule has 0 aromatic heterocycles. The van der Waals surface area contributed by atoms with Crippen LogP contribution in [-0.2, 0) is 22.7 Å². The Bertz CT molecular complexity index is 455. The van der Waals surface area contributed by atoms with Crippen LogP contribution in [0.4, 0.5) is 0 Å². The third-order valence-corrected chi connectivity index (χ3v) is 5.13. The van der Waals surface area contributed by atoms with Crippen LogP contribution in [0.2, 0.25) is 0 Å². The Morgan fingerprint density at radius 2 is 1.76 bits per heavy atom. The highest BCUT2D eigenvalue weighted by molar-refractivity contribution is 7.98. The van der Waals surface area contributed by atoms with Crippen molar-refractivity contribution >= 4 is 29.5 Å². The number of aryl methyl sites for hydroxylation is 1. The van der Waals surface area contributed by atoms with E-state index >= 15 is 0 Å². The van der Waals surface area contributed by atoms with E-state index in [0.717, 1.165) is 23.7 Å². The van der Waals surface area contributed by atoms with Gasteiger partial charge in [0.25, 0.3) is 0 Å². The number of hydrogen-bond donors (Lipinski definition) is 3. The van der Waals surface area contributed by atoms with Crippen molar-refractivity contribution in [3.63, 3.8) is 0 Å². The molecular formula is C15H24N2O2S2. The van der Waals surface area contributed by atoms with Crippen LogP contribution in [0, 0.1) is 0 Å². The van der Waals surface area contributed by atoms with Crippen LogP contribution in [0.5, 0.6) is 0 Å². The molecule has 0 fully saturated rings. The molecular weight excluding hydrogens is 304 g/mol. The minimum atomic E-state index is -0.941. The molecule has 6 heteroatoms. The summed E-state index contributed by atoms with van der Waals surface area (Å²) in [6.07, 6.45) is 1.00. The van der Waals surface area contributed by atoms with Crippen LogP contribution in [0.25, 0.3) is 0 Å². The molecule has 1 aromatic rings. The molecule has 21 heavy (non-hydrogen) atoms. The third-order valence-electron chi connectivity index (χ3n) is 2.93. The highest BCUT2D eigenvalue weighted by Gasteiger charge is 2.11. The largest absolute Gasteiger partial charge is 0.480 e. The number of rotatable bonds is 10.